The lowest BCUT2D eigenvalue weighted by molar-refractivity contribution is 0.300. The molecule has 9 heteroatoms. The molecule has 7 nitrogen and oxygen atoms in total. The quantitative estimate of drug-likeness (QED) is 0.550. The van der Waals surface area contributed by atoms with Crippen LogP contribution in [0.25, 0.3) is 0 Å². The van der Waals surface area contributed by atoms with Gasteiger partial charge in [-0.3, -0.25) is 8.86 Å². The number of hydrogen-bond donors (Lipinski definition) is 0. The van der Waals surface area contributed by atoms with Crippen molar-refractivity contribution in [2.45, 2.75) is 6.61 Å². The third-order valence-corrected chi connectivity index (χ3v) is 3.39. The van der Waals surface area contributed by atoms with Gasteiger partial charge in [0.15, 0.2) is 6.61 Å². The second-order valence-electron chi connectivity index (χ2n) is 3.10. The van der Waals surface area contributed by atoms with Crippen molar-refractivity contribution in [2.24, 2.45) is 7.05 Å². The van der Waals surface area contributed by atoms with Crippen molar-refractivity contribution in [3.8, 4) is 11.9 Å². The van der Waals surface area contributed by atoms with Gasteiger partial charge in [0.25, 0.3) is 10.1 Å². The van der Waals surface area contributed by atoms with Gasteiger partial charge in [-0.2, -0.15) is 13.7 Å². The van der Waals surface area contributed by atoms with Crippen LogP contribution in [-0.4, -0.2) is 31.1 Å². The Hall–Kier alpha value is -0.860. The Balaban J connectivity index is 2.86. The van der Waals surface area contributed by atoms with E-state index < -0.39 is 10.1 Å². The maximum atomic E-state index is 10.9. The first kappa shape index (κ1) is 14.2. The van der Waals surface area contributed by atoms with Crippen molar-refractivity contribution in [1.82, 2.24) is 9.78 Å². The molecule has 0 bridgehead atoms. The van der Waals surface area contributed by atoms with Gasteiger partial charge in [0.05, 0.1) is 11.9 Å². The van der Waals surface area contributed by atoms with Gasteiger partial charge in [-0.1, -0.05) is 0 Å². The number of hydrogen-bond acceptors (Lipinski definition) is 6. The average Bonchev–Trinajstić information content (AvgIpc) is 2.47. The van der Waals surface area contributed by atoms with E-state index in [2.05, 4.69) is 9.28 Å². The van der Waals surface area contributed by atoms with Crippen LogP contribution in [0.15, 0.2) is 0 Å². The Labute approximate surface area is 113 Å². The molecule has 0 atom stereocenters. The van der Waals surface area contributed by atoms with Gasteiger partial charge < -0.3 is 4.74 Å². The average molecular weight is 371 g/mol. The Morgan fingerprint density at radius 3 is 2.76 bits per heavy atom. The summed E-state index contributed by atoms with van der Waals surface area (Å²) in [5.74, 6) is 0.293. The summed E-state index contributed by atoms with van der Waals surface area (Å²) in [6.07, 6.45) is 0.976. The molecule has 1 aromatic rings. The number of nitrogens with zero attached hydrogens (tertiary/aromatic N) is 3. The number of halogens is 1. The minimum absolute atomic E-state index is 0.112. The highest BCUT2D eigenvalue weighted by Gasteiger charge is 2.16. The van der Waals surface area contributed by atoms with Gasteiger partial charge in [-0.25, -0.2) is 0 Å². The second kappa shape index (κ2) is 5.65. The molecule has 0 aromatic carbocycles. The number of aromatic nitrogens is 2. The fourth-order valence-electron chi connectivity index (χ4n) is 1.02. The molecule has 0 fully saturated rings. The molecule has 1 heterocycles. The van der Waals surface area contributed by atoms with Crippen LogP contribution in [0.4, 0.5) is 0 Å². The summed E-state index contributed by atoms with van der Waals surface area (Å²) >= 11 is 1.96. The number of rotatable bonds is 5. The van der Waals surface area contributed by atoms with Gasteiger partial charge in [-0.15, -0.1) is 5.10 Å². The van der Waals surface area contributed by atoms with Crippen LogP contribution in [-0.2, 0) is 28.0 Å². The smallest absolute Gasteiger partial charge is 0.264 e. The summed E-state index contributed by atoms with van der Waals surface area (Å²) in [6, 6.07) is 1.83. The molecule has 94 valence electrons. The zero-order chi connectivity index (χ0) is 13.1. The standard InChI is InChI=1S/C8H10IN3O4S/c1-12-6(5-16-17(2,13)14)7(9)8(11-12)15-4-3-10/h4-5H2,1-2H3. The summed E-state index contributed by atoms with van der Waals surface area (Å²) in [7, 11) is -1.86. The maximum absolute atomic E-state index is 10.9. The van der Waals surface area contributed by atoms with Crippen molar-refractivity contribution in [2.75, 3.05) is 12.9 Å². The third-order valence-electron chi connectivity index (χ3n) is 1.76. The Bertz CT molecular complexity index is 546. The molecular formula is C8H10IN3O4S. The lowest BCUT2D eigenvalue weighted by Gasteiger charge is -2.02. The van der Waals surface area contributed by atoms with Crippen molar-refractivity contribution in [3.63, 3.8) is 0 Å². The Morgan fingerprint density at radius 1 is 1.59 bits per heavy atom. The first-order valence-corrected chi connectivity index (χ1v) is 7.30. The summed E-state index contributed by atoms with van der Waals surface area (Å²) in [4.78, 5) is 0. The summed E-state index contributed by atoms with van der Waals surface area (Å²) in [5, 5.41) is 12.4. The first-order valence-electron chi connectivity index (χ1n) is 4.40. The largest absolute Gasteiger partial charge is 0.460 e. The molecule has 17 heavy (non-hydrogen) atoms. The molecule has 0 aliphatic rings. The summed E-state index contributed by atoms with van der Waals surface area (Å²) in [6.45, 7) is -0.226. The number of aryl methyl sites for hydroxylation is 1. The lowest BCUT2D eigenvalue weighted by Crippen LogP contribution is -2.07. The highest BCUT2D eigenvalue weighted by molar-refractivity contribution is 14.1. The molecule has 1 rings (SSSR count). The van der Waals surface area contributed by atoms with Crippen molar-refractivity contribution in [3.05, 3.63) is 9.26 Å². The van der Waals surface area contributed by atoms with E-state index in [1.807, 2.05) is 28.7 Å². The van der Waals surface area contributed by atoms with E-state index in [0.29, 0.717) is 15.1 Å². The minimum atomic E-state index is -3.50. The van der Waals surface area contributed by atoms with Crippen molar-refractivity contribution in [1.29, 1.82) is 5.26 Å². The van der Waals surface area contributed by atoms with E-state index in [4.69, 9.17) is 10.00 Å². The highest BCUT2D eigenvalue weighted by atomic mass is 127. The second-order valence-corrected chi connectivity index (χ2v) is 5.83. The monoisotopic (exact) mass is 371 g/mol. The maximum Gasteiger partial charge on any atom is 0.264 e. The van der Waals surface area contributed by atoms with Crippen LogP contribution in [0.2, 0.25) is 0 Å². The minimum Gasteiger partial charge on any atom is -0.460 e. The van der Waals surface area contributed by atoms with E-state index in [9.17, 15) is 8.42 Å². The van der Waals surface area contributed by atoms with Gasteiger partial charge in [0, 0.05) is 7.05 Å². The van der Waals surface area contributed by atoms with Crippen LogP contribution in [0, 0.1) is 14.9 Å². The molecule has 0 radical (unpaired) electrons. The zero-order valence-corrected chi connectivity index (χ0v) is 12.1. The molecule has 0 aliphatic heterocycles. The van der Waals surface area contributed by atoms with Crippen molar-refractivity contribution < 1.29 is 17.3 Å². The van der Waals surface area contributed by atoms with Gasteiger partial charge >= 0.3 is 0 Å². The van der Waals surface area contributed by atoms with E-state index in [-0.39, 0.29) is 13.2 Å². The predicted octanol–water partition coefficient (Wildman–Crippen LogP) is 0.403. The molecule has 0 spiro atoms. The lowest BCUT2D eigenvalue weighted by atomic mass is 10.4. The number of ether oxygens (including phenoxy) is 1. The van der Waals surface area contributed by atoms with E-state index >= 15 is 0 Å². The van der Waals surface area contributed by atoms with Gasteiger partial charge in [-0.05, 0) is 22.6 Å². The molecule has 0 amide bonds. The van der Waals surface area contributed by atoms with E-state index in [0.717, 1.165) is 6.26 Å². The third kappa shape index (κ3) is 4.14. The van der Waals surface area contributed by atoms with Gasteiger partial charge in [0.2, 0.25) is 5.88 Å². The van der Waals surface area contributed by atoms with E-state index in [1.54, 1.807) is 7.05 Å². The molecule has 0 aliphatic carbocycles. The summed E-state index contributed by atoms with van der Waals surface area (Å²) < 4.78 is 33.6. The van der Waals surface area contributed by atoms with Crippen molar-refractivity contribution >= 4 is 32.7 Å². The molecule has 0 saturated heterocycles. The Morgan fingerprint density at radius 2 is 2.24 bits per heavy atom. The van der Waals surface area contributed by atoms with Crippen LogP contribution < -0.4 is 4.74 Å². The zero-order valence-electron chi connectivity index (χ0n) is 9.18. The number of nitriles is 1. The van der Waals surface area contributed by atoms with E-state index in [1.165, 1.54) is 4.68 Å². The fourth-order valence-corrected chi connectivity index (χ4v) is 2.11. The molecule has 0 unspecified atom stereocenters. The Kier molecular flexibility index (Phi) is 4.72. The van der Waals surface area contributed by atoms with Crippen LogP contribution in [0.3, 0.4) is 0 Å². The SMILES string of the molecule is Cn1nc(OCC#N)c(I)c1COS(C)(=O)=O. The normalized spacial score (nSPS) is 11.2. The fraction of sp³-hybridized carbons (Fsp3) is 0.500. The topological polar surface area (TPSA) is 94.2 Å². The highest BCUT2D eigenvalue weighted by Crippen LogP contribution is 2.23. The van der Waals surface area contributed by atoms with Crippen LogP contribution in [0.5, 0.6) is 5.88 Å². The van der Waals surface area contributed by atoms with Gasteiger partial charge in [0.1, 0.15) is 16.2 Å². The molecule has 0 saturated carbocycles. The first-order chi connectivity index (χ1) is 7.85. The molecule has 1 aromatic heterocycles. The van der Waals surface area contributed by atoms with Crippen LogP contribution >= 0.6 is 22.6 Å². The molecular weight excluding hydrogens is 361 g/mol. The predicted molar refractivity (Wildman–Crippen MR) is 66.7 cm³/mol. The summed E-state index contributed by atoms with van der Waals surface area (Å²) in [5.41, 5.74) is 0.573. The molecule has 0 N–H and O–H groups in total. The van der Waals surface area contributed by atoms with Crippen LogP contribution in [0.1, 0.15) is 5.69 Å².